The SMILES string of the molecule is C[C@]1(c2ccc3c(c2)OCCCO3)NC(=O)N(CC(=O)N2CCc3ccccc3C2)C1=O. The van der Waals surface area contributed by atoms with E-state index in [1.807, 2.05) is 18.2 Å². The van der Waals surface area contributed by atoms with Gasteiger partial charge in [0.25, 0.3) is 5.91 Å². The van der Waals surface area contributed by atoms with Gasteiger partial charge in [0.05, 0.1) is 13.2 Å². The molecule has 1 atom stereocenters. The van der Waals surface area contributed by atoms with Crippen LogP contribution in [0.15, 0.2) is 42.5 Å². The van der Waals surface area contributed by atoms with Gasteiger partial charge in [-0.25, -0.2) is 4.79 Å². The summed E-state index contributed by atoms with van der Waals surface area (Å²) < 4.78 is 11.4. The number of nitrogens with one attached hydrogen (secondary N) is 1. The highest BCUT2D eigenvalue weighted by Gasteiger charge is 2.50. The van der Waals surface area contributed by atoms with Crippen LogP contribution in [-0.4, -0.2) is 53.9 Å². The van der Waals surface area contributed by atoms with E-state index in [4.69, 9.17) is 9.47 Å². The van der Waals surface area contributed by atoms with E-state index < -0.39 is 17.5 Å². The highest BCUT2D eigenvalue weighted by Crippen LogP contribution is 2.36. The second-order valence-electron chi connectivity index (χ2n) is 8.49. The molecule has 0 saturated carbocycles. The third-order valence-electron chi connectivity index (χ3n) is 6.38. The van der Waals surface area contributed by atoms with Gasteiger partial charge in [-0.3, -0.25) is 14.5 Å². The summed E-state index contributed by atoms with van der Waals surface area (Å²) >= 11 is 0. The molecule has 3 heterocycles. The van der Waals surface area contributed by atoms with Crippen molar-refractivity contribution in [3.05, 3.63) is 59.2 Å². The van der Waals surface area contributed by atoms with Crippen molar-refractivity contribution in [2.75, 3.05) is 26.3 Å². The number of amides is 4. The summed E-state index contributed by atoms with van der Waals surface area (Å²) in [6.45, 7) is 3.50. The number of benzene rings is 2. The molecule has 2 aromatic carbocycles. The van der Waals surface area contributed by atoms with E-state index in [1.165, 1.54) is 5.56 Å². The van der Waals surface area contributed by atoms with Crippen molar-refractivity contribution in [2.45, 2.75) is 31.8 Å². The van der Waals surface area contributed by atoms with Crippen LogP contribution in [0.1, 0.15) is 30.0 Å². The minimum atomic E-state index is -1.28. The average Bonchev–Trinajstić information content (AvgIpc) is 2.96. The zero-order valence-corrected chi connectivity index (χ0v) is 17.9. The van der Waals surface area contributed by atoms with E-state index >= 15 is 0 Å². The number of carbonyl (C=O) groups is 3. The molecular formula is C24H25N3O5. The first-order valence-electron chi connectivity index (χ1n) is 10.8. The van der Waals surface area contributed by atoms with Crippen LogP contribution in [0, 0.1) is 0 Å². The van der Waals surface area contributed by atoms with Gasteiger partial charge in [0.1, 0.15) is 12.1 Å². The molecule has 3 aliphatic rings. The fourth-order valence-electron chi connectivity index (χ4n) is 4.45. The zero-order chi connectivity index (χ0) is 22.3. The van der Waals surface area contributed by atoms with Crippen LogP contribution >= 0.6 is 0 Å². The molecule has 0 aromatic heterocycles. The minimum Gasteiger partial charge on any atom is -0.490 e. The summed E-state index contributed by atoms with van der Waals surface area (Å²) in [5.74, 6) is 0.461. The molecule has 166 valence electrons. The smallest absolute Gasteiger partial charge is 0.325 e. The predicted molar refractivity (Wildman–Crippen MR) is 115 cm³/mol. The largest absolute Gasteiger partial charge is 0.490 e. The molecule has 5 rings (SSSR count). The first kappa shape index (κ1) is 20.4. The maximum Gasteiger partial charge on any atom is 0.325 e. The number of hydrogen-bond donors (Lipinski definition) is 1. The maximum atomic E-state index is 13.3. The summed E-state index contributed by atoms with van der Waals surface area (Å²) in [5, 5.41) is 2.76. The van der Waals surface area contributed by atoms with Crippen molar-refractivity contribution in [3.8, 4) is 11.5 Å². The van der Waals surface area contributed by atoms with Gasteiger partial charge >= 0.3 is 6.03 Å². The van der Waals surface area contributed by atoms with Gasteiger partial charge < -0.3 is 19.7 Å². The van der Waals surface area contributed by atoms with E-state index in [9.17, 15) is 14.4 Å². The molecule has 1 fully saturated rings. The number of imide groups is 1. The molecule has 2 aromatic rings. The van der Waals surface area contributed by atoms with Gasteiger partial charge in [-0.05, 0) is 42.2 Å². The second kappa shape index (κ2) is 7.85. The van der Waals surface area contributed by atoms with Gasteiger partial charge in [-0.15, -0.1) is 0 Å². The number of fused-ring (bicyclic) bond motifs is 2. The fraction of sp³-hybridized carbons (Fsp3) is 0.375. The first-order valence-corrected chi connectivity index (χ1v) is 10.8. The molecule has 0 unspecified atom stereocenters. The van der Waals surface area contributed by atoms with Crippen LogP contribution in [0.3, 0.4) is 0 Å². The molecule has 0 radical (unpaired) electrons. The Hall–Kier alpha value is -3.55. The third-order valence-corrected chi connectivity index (χ3v) is 6.38. The summed E-state index contributed by atoms with van der Waals surface area (Å²) in [4.78, 5) is 41.6. The Morgan fingerprint density at radius 3 is 2.62 bits per heavy atom. The lowest BCUT2D eigenvalue weighted by Crippen LogP contribution is -2.45. The number of hydrogen-bond acceptors (Lipinski definition) is 5. The Morgan fingerprint density at radius 2 is 1.81 bits per heavy atom. The predicted octanol–water partition coefficient (Wildman–Crippen LogP) is 2.20. The fourth-order valence-corrected chi connectivity index (χ4v) is 4.45. The zero-order valence-electron chi connectivity index (χ0n) is 17.9. The van der Waals surface area contributed by atoms with Crippen LogP contribution in [0.5, 0.6) is 11.5 Å². The number of ether oxygens (including phenoxy) is 2. The van der Waals surface area contributed by atoms with Crippen molar-refractivity contribution >= 4 is 17.8 Å². The van der Waals surface area contributed by atoms with Crippen molar-refractivity contribution in [3.63, 3.8) is 0 Å². The standard InChI is InChI=1S/C24H25N3O5/c1-24(18-7-8-19-20(13-18)32-12-4-11-31-19)22(29)27(23(30)25-24)15-21(28)26-10-9-16-5-2-3-6-17(16)14-26/h2-3,5-8,13H,4,9-12,14-15H2,1H3,(H,25,30)/t24-/m1/s1. The van der Waals surface area contributed by atoms with Crippen LogP contribution < -0.4 is 14.8 Å². The van der Waals surface area contributed by atoms with Crippen molar-refractivity contribution < 1.29 is 23.9 Å². The van der Waals surface area contributed by atoms with E-state index in [2.05, 4.69) is 11.4 Å². The Kier molecular flexibility index (Phi) is 5.00. The molecule has 1 N–H and O–H groups in total. The molecule has 3 aliphatic heterocycles. The van der Waals surface area contributed by atoms with Gasteiger partial charge in [0.2, 0.25) is 5.91 Å². The van der Waals surface area contributed by atoms with Crippen molar-refractivity contribution in [2.24, 2.45) is 0 Å². The third kappa shape index (κ3) is 3.45. The monoisotopic (exact) mass is 435 g/mol. The molecule has 0 spiro atoms. The normalized spacial score (nSPS) is 22.3. The Labute approximate surface area is 186 Å². The summed E-state index contributed by atoms with van der Waals surface area (Å²) in [6.07, 6.45) is 1.53. The van der Waals surface area contributed by atoms with E-state index in [0.29, 0.717) is 43.4 Å². The maximum absolute atomic E-state index is 13.3. The molecule has 32 heavy (non-hydrogen) atoms. The van der Waals surface area contributed by atoms with E-state index in [-0.39, 0.29) is 12.5 Å². The van der Waals surface area contributed by atoms with Crippen LogP contribution in [0.2, 0.25) is 0 Å². The average molecular weight is 435 g/mol. The molecule has 0 bridgehead atoms. The van der Waals surface area contributed by atoms with Gasteiger partial charge in [0, 0.05) is 19.5 Å². The topological polar surface area (TPSA) is 88.2 Å². The van der Waals surface area contributed by atoms with Gasteiger partial charge in [-0.1, -0.05) is 30.3 Å². The second-order valence-corrected chi connectivity index (χ2v) is 8.49. The number of carbonyl (C=O) groups excluding carboxylic acids is 3. The molecule has 4 amide bonds. The highest BCUT2D eigenvalue weighted by atomic mass is 16.5. The summed E-state index contributed by atoms with van der Waals surface area (Å²) in [7, 11) is 0. The number of urea groups is 1. The molecule has 8 heteroatoms. The Morgan fingerprint density at radius 1 is 1.06 bits per heavy atom. The Balaban J connectivity index is 1.33. The lowest BCUT2D eigenvalue weighted by molar-refractivity contribution is -0.139. The lowest BCUT2D eigenvalue weighted by atomic mass is 9.91. The Bertz CT molecular complexity index is 1100. The minimum absolute atomic E-state index is 0.245. The van der Waals surface area contributed by atoms with Crippen molar-refractivity contribution in [1.29, 1.82) is 0 Å². The number of rotatable bonds is 3. The van der Waals surface area contributed by atoms with Crippen LogP contribution in [0.4, 0.5) is 4.79 Å². The number of nitrogens with zero attached hydrogens (tertiary/aromatic N) is 2. The van der Waals surface area contributed by atoms with Crippen LogP contribution in [0.25, 0.3) is 0 Å². The lowest BCUT2D eigenvalue weighted by Gasteiger charge is -2.30. The molecule has 8 nitrogen and oxygen atoms in total. The highest BCUT2D eigenvalue weighted by molar-refractivity contribution is 6.09. The van der Waals surface area contributed by atoms with Gasteiger partial charge in [-0.2, -0.15) is 0 Å². The van der Waals surface area contributed by atoms with Crippen molar-refractivity contribution in [1.82, 2.24) is 15.1 Å². The molecular weight excluding hydrogens is 410 g/mol. The van der Waals surface area contributed by atoms with E-state index in [0.717, 1.165) is 23.3 Å². The quantitative estimate of drug-likeness (QED) is 0.747. The molecule has 1 saturated heterocycles. The van der Waals surface area contributed by atoms with Crippen LogP contribution in [-0.2, 0) is 28.1 Å². The summed E-state index contributed by atoms with van der Waals surface area (Å²) in [5.41, 5.74) is 1.63. The van der Waals surface area contributed by atoms with Gasteiger partial charge in [0.15, 0.2) is 11.5 Å². The van der Waals surface area contributed by atoms with E-state index in [1.54, 1.807) is 30.0 Å². The molecule has 0 aliphatic carbocycles. The summed E-state index contributed by atoms with van der Waals surface area (Å²) in [6, 6.07) is 12.7. The first-order chi connectivity index (χ1) is 15.5.